The van der Waals surface area contributed by atoms with Crippen molar-refractivity contribution in [3.63, 3.8) is 0 Å². The van der Waals surface area contributed by atoms with Crippen LogP contribution in [0.1, 0.15) is 54.0 Å². The first-order chi connectivity index (χ1) is 14.7. The highest BCUT2D eigenvalue weighted by atomic mass is 32.2. The van der Waals surface area contributed by atoms with Crippen LogP contribution in [0.2, 0.25) is 0 Å². The molecule has 0 bridgehead atoms. The van der Waals surface area contributed by atoms with Crippen LogP contribution in [0.15, 0.2) is 36.4 Å². The Labute approximate surface area is 185 Å². The molecule has 0 radical (unpaired) electrons. The molecule has 1 N–H and O–H groups in total. The average Bonchev–Trinajstić information content (AvgIpc) is 2.69. The van der Waals surface area contributed by atoms with Crippen LogP contribution in [-0.2, 0) is 21.2 Å². The van der Waals surface area contributed by atoms with Crippen LogP contribution in [0.25, 0.3) is 0 Å². The van der Waals surface area contributed by atoms with Crippen molar-refractivity contribution in [2.45, 2.75) is 52.0 Å². The Morgan fingerprint density at radius 1 is 1.16 bits per heavy atom. The van der Waals surface area contributed by atoms with E-state index in [0.717, 1.165) is 41.7 Å². The number of aryl methyl sites for hydroxylation is 3. The van der Waals surface area contributed by atoms with Gasteiger partial charge in [-0.2, -0.15) is 0 Å². The second kappa shape index (κ2) is 9.73. The number of hydrogen-bond donors (Lipinski definition) is 1. The fourth-order valence-corrected chi connectivity index (χ4v) is 5.25. The van der Waals surface area contributed by atoms with E-state index in [-0.39, 0.29) is 24.9 Å². The summed E-state index contributed by atoms with van der Waals surface area (Å²) in [4.78, 5) is 12.6. The predicted molar refractivity (Wildman–Crippen MR) is 124 cm³/mol. The molecule has 2 aromatic rings. The Kier molecular flexibility index (Phi) is 7.26. The average molecular weight is 445 g/mol. The summed E-state index contributed by atoms with van der Waals surface area (Å²) < 4.78 is 31.4. The number of fused-ring (bicyclic) bond motifs is 1. The van der Waals surface area contributed by atoms with Crippen LogP contribution in [-0.4, -0.2) is 34.2 Å². The van der Waals surface area contributed by atoms with Gasteiger partial charge in [0, 0.05) is 13.0 Å². The zero-order chi connectivity index (χ0) is 22.6. The van der Waals surface area contributed by atoms with Gasteiger partial charge in [0.15, 0.2) is 0 Å². The molecule has 7 heteroatoms. The molecule has 0 fully saturated rings. The number of nitrogens with zero attached hydrogens (tertiary/aromatic N) is 1. The zero-order valence-electron chi connectivity index (χ0n) is 18.8. The summed E-state index contributed by atoms with van der Waals surface area (Å²) in [5.74, 6) is 0.778. The van der Waals surface area contributed by atoms with Gasteiger partial charge < -0.3 is 10.1 Å². The number of hydrogen-bond acceptors (Lipinski definition) is 4. The number of nitrogens with one attached hydrogen (secondary N) is 1. The fourth-order valence-electron chi connectivity index (χ4n) is 4.30. The van der Waals surface area contributed by atoms with Crippen molar-refractivity contribution in [1.82, 2.24) is 5.32 Å². The van der Waals surface area contributed by atoms with E-state index < -0.39 is 10.0 Å². The summed E-state index contributed by atoms with van der Waals surface area (Å²) in [5, 5.41) is 3.14. The van der Waals surface area contributed by atoms with E-state index in [4.69, 9.17) is 4.74 Å². The van der Waals surface area contributed by atoms with Gasteiger partial charge in [0.25, 0.3) is 0 Å². The van der Waals surface area contributed by atoms with E-state index in [9.17, 15) is 13.2 Å². The van der Waals surface area contributed by atoms with Crippen LogP contribution in [0.5, 0.6) is 5.75 Å². The smallest absolute Gasteiger partial charge is 0.232 e. The number of sulfonamides is 1. The standard InChI is InChI=1S/C24H32N2O4S/c1-17-13-18(2)15-20(14-17)26(31(4,28)29)12-6-9-24(27)25-23-8-5-7-19-16-21(30-3)10-11-22(19)23/h10-11,13-16,23H,5-9,12H2,1-4H3,(H,25,27)/t23-/m0/s1. The van der Waals surface area contributed by atoms with Crippen LogP contribution in [0.3, 0.4) is 0 Å². The maximum Gasteiger partial charge on any atom is 0.232 e. The van der Waals surface area contributed by atoms with Gasteiger partial charge in [-0.1, -0.05) is 12.1 Å². The highest BCUT2D eigenvalue weighted by Gasteiger charge is 2.23. The number of benzene rings is 2. The minimum absolute atomic E-state index is 0.00686. The highest BCUT2D eigenvalue weighted by Crippen LogP contribution is 2.32. The summed E-state index contributed by atoms with van der Waals surface area (Å²) in [5.41, 5.74) is 5.03. The molecule has 168 valence electrons. The minimum atomic E-state index is -3.43. The van der Waals surface area contributed by atoms with E-state index in [1.54, 1.807) is 7.11 Å². The first-order valence-electron chi connectivity index (χ1n) is 10.7. The molecular formula is C24H32N2O4S. The molecule has 2 aromatic carbocycles. The van der Waals surface area contributed by atoms with Gasteiger partial charge in [0.2, 0.25) is 15.9 Å². The lowest BCUT2D eigenvalue weighted by Gasteiger charge is -2.27. The van der Waals surface area contributed by atoms with Gasteiger partial charge in [-0.3, -0.25) is 9.10 Å². The summed E-state index contributed by atoms with van der Waals surface area (Å²) in [7, 11) is -1.78. The molecule has 0 spiro atoms. The van der Waals surface area contributed by atoms with Crippen molar-refractivity contribution in [3.05, 3.63) is 58.7 Å². The van der Waals surface area contributed by atoms with Gasteiger partial charge in [-0.05, 0) is 86.1 Å². The first-order valence-corrected chi connectivity index (χ1v) is 12.5. The number of carbonyl (C=O) groups excluding carboxylic acids is 1. The van der Waals surface area contributed by atoms with Crippen molar-refractivity contribution >= 4 is 21.6 Å². The third kappa shape index (κ3) is 6.00. The Balaban J connectivity index is 1.62. The molecule has 1 aliphatic rings. The van der Waals surface area contributed by atoms with Crippen LogP contribution < -0.4 is 14.4 Å². The topological polar surface area (TPSA) is 75.7 Å². The fraction of sp³-hybridized carbons (Fsp3) is 0.458. The molecule has 0 aromatic heterocycles. The lowest BCUT2D eigenvalue weighted by Crippen LogP contribution is -2.33. The lowest BCUT2D eigenvalue weighted by molar-refractivity contribution is -0.122. The third-order valence-electron chi connectivity index (χ3n) is 5.66. The number of rotatable bonds is 8. The Morgan fingerprint density at radius 3 is 2.52 bits per heavy atom. The number of methoxy groups -OCH3 is 1. The number of ether oxygens (including phenoxy) is 1. The van der Waals surface area contributed by atoms with Gasteiger partial charge in [-0.15, -0.1) is 0 Å². The summed E-state index contributed by atoms with van der Waals surface area (Å²) in [6.07, 6.45) is 4.84. The first kappa shape index (κ1) is 23.1. The maximum atomic E-state index is 12.6. The molecule has 3 rings (SSSR count). The minimum Gasteiger partial charge on any atom is -0.497 e. The molecule has 0 unspecified atom stereocenters. The molecule has 0 heterocycles. The Morgan fingerprint density at radius 2 is 1.87 bits per heavy atom. The molecule has 1 amide bonds. The van der Waals surface area contributed by atoms with Crippen LogP contribution in [0, 0.1) is 13.8 Å². The van der Waals surface area contributed by atoms with Gasteiger partial charge >= 0.3 is 0 Å². The number of amides is 1. The van der Waals surface area contributed by atoms with Crippen molar-refractivity contribution in [2.24, 2.45) is 0 Å². The number of carbonyl (C=O) groups is 1. The van der Waals surface area contributed by atoms with E-state index >= 15 is 0 Å². The molecule has 0 saturated carbocycles. The lowest BCUT2D eigenvalue weighted by atomic mass is 9.87. The molecule has 6 nitrogen and oxygen atoms in total. The van der Waals surface area contributed by atoms with E-state index in [0.29, 0.717) is 12.1 Å². The summed E-state index contributed by atoms with van der Waals surface area (Å²) >= 11 is 0. The van der Waals surface area contributed by atoms with Crippen molar-refractivity contribution < 1.29 is 17.9 Å². The van der Waals surface area contributed by atoms with Crippen molar-refractivity contribution in [3.8, 4) is 5.75 Å². The largest absolute Gasteiger partial charge is 0.497 e. The zero-order valence-corrected chi connectivity index (χ0v) is 19.6. The maximum absolute atomic E-state index is 12.6. The monoisotopic (exact) mass is 444 g/mol. The SMILES string of the molecule is COc1ccc2c(c1)CCC[C@@H]2NC(=O)CCCN(c1cc(C)cc(C)c1)S(C)(=O)=O. The molecule has 31 heavy (non-hydrogen) atoms. The normalized spacial score (nSPS) is 15.8. The van der Waals surface area contributed by atoms with Gasteiger partial charge in [0.05, 0.1) is 25.1 Å². The number of anilines is 1. The Bertz CT molecular complexity index is 1030. The molecule has 0 aliphatic heterocycles. The van der Waals surface area contributed by atoms with Crippen molar-refractivity contribution in [2.75, 3.05) is 24.2 Å². The predicted octanol–water partition coefficient (Wildman–Crippen LogP) is 4.05. The molecular weight excluding hydrogens is 412 g/mol. The van der Waals surface area contributed by atoms with Crippen molar-refractivity contribution in [1.29, 1.82) is 0 Å². The van der Waals surface area contributed by atoms with Crippen LogP contribution >= 0.6 is 0 Å². The summed E-state index contributed by atoms with van der Waals surface area (Å²) in [6.45, 7) is 4.16. The Hall–Kier alpha value is -2.54. The molecule has 1 atom stereocenters. The van der Waals surface area contributed by atoms with E-state index in [2.05, 4.69) is 5.32 Å². The molecule has 0 saturated heterocycles. The van der Waals surface area contributed by atoms with Crippen LogP contribution in [0.4, 0.5) is 5.69 Å². The van der Waals surface area contributed by atoms with E-state index in [1.165, 1.54) is 16.1 Å². The summed E-state index contributed by atoms with van der Waals surface area (Å²) in [6, 6.07) is 11.7. The van der Waals surface area contributed by atoms with Gasteiger partial charge in [0.1, 0.15) is 5.75 Å². The van der Waals surface area contributed by atoms with Gasteiger partial charge in [-0.25, -0.2) is 8.42 Å². The third-order valence-corrected chi connectivity index (χ3v) is 6.85. The second-order valence-corrected chi connectivity index (χ2v) is 10.3. The highest BCUT2D eigenvalue weighted by molar-refractivity contribution is 7.92. The van der Waals surface area contributed by atoms with E-state index in [1.807, 2.05) is 50.2 Å². The second-order valence-electron chi connectivity index (χ2n) is 8.36. The molecule has 1 aliphatic carbocycles. The quantitative estimate of drug-likeness (QED) is 0.666.